The van der Waals surface area contributed by atoms with E-state index in [1.807, 2.05) is 31.2 Å². The molecular formula is C19H23NO3. The van der Waals surface area contributed by atoms with E-state index >= 15 is 0 Å². The molecule has 0 aliphatic heterocycles. The summed E-state index contributed by atoms with van der Waals surface area (Å²) in [7, 11) is 1.57. The van der Waals surface area contributed by atoms with Crippen LogP contribution in [0.3, 0.4) is 0 Å². The van der Waals surface area contributed by atoms with Crippen molar-refractivity contribution >= 4 is 11.6 Å². The van der Waals surface area contributed by atoms with Gasteiger partial charge in [-0.3, -0.25) is 4.79 Å². The minimum absolute atomic E-state index is 0.177. The molecule has 0 fully saturated rings. The molecule has 4 heteroatoms. The Labute approximate surface area is 137 Å². The number of hydrogen-bond donors (Lipinski definition) is 1. The van der Waals surface area contributed by atoms with Crippen molar-refractivity contribution in [2.24, 2.45) is 5.92 Å². The van der Waals surface area contributed by atoms with Gasteiger partial charge in [0.1, 0.15) is 0 Å². The fourth-order valence-corrected chi connectivity index (χ4v) is 2.11. The maximum Gasteiger partial charge on any atom is 0.255 e. The summed E-state index contributed by atoms with van der Waals surface area (Å²) in [5.74, 6) is 1.45. The second kappa shape index (κ2) is 7.68. The van der Waals surface area contributed by atoms with Gasteiger partial charge in [-0.15, -0.1) is 0 Å². The molecule has 0 spiro atoms. The van der Waals surface area contributed by atoms with Crippen LogP contribution in [0.4, 0.5) is 5.69 Å². The third-order valence-electron chi connectivity index (χ3n) is 3.27. The third kappa shape index (κ3) is 4.74. The SMILES string of the molecule is COc1cc(C(=O)Nc2cccc(C)c2)ccc1OCC(C)C. The summed E-state index contributed by atoms with van der Waals surface area (Å²) in [5.41, 5.74) is 2.40. The molecule has 0 unspecified atom stereocenters. The number of anilines is 1. The van der Waals surface area contributed by atoms with Gasteiger partial charge in [0.05, 0.1) is 13.7 Å². The van der Waals surface area contributed by atoms with Crippen LogP contribution in [0.2, 0.25) is 0 Å². The molecule has 1 amide bonds. The number of aryl methyl sites for hydroxylation is 1. The summed E-state index contributed by atoms with van der Waals surface area (Å²) in [4.78, 5) is 12.4. The molecule has 1 N–H and O–H groups in total. The lowest BCUT2D eigenvalue weighted by molar-refractivity contribution is 0.102. The van der Waals surface area contributed by atoms with Gasteiger partial charge in [-0.25, -0.2) is 0 Å². The van der Waals surface area contributed by atoms with Gasteiger partial charge < -0.3 is 14.8 Å². The van der Waals surface area contributed by atoms with Gasteiger partial charge in [0.15, 0.2) is 11.5 Å². The first-order chi connectivity index (χ1) is 11.0. The van der Waals surface area contributed by atoms with Crippen LogP contribution in [0.5, 0.6) is 11.5 Å². The summed E-state index contributed by atoms with van der Waals surface area (Å²) in [6, 6.07) is 12.9. The summed E-state index contributed by atoms with van der Waals surface area (Å²) in [6.07, 6.45) is 0. The second-order valence-electron chi connectivity index (χ2n) is 5.89. The van der Waals surface area contributed by atoms with Crippen LogP contribution in [0.15, 0.2) is 42.5 Å². The third-order valence-corrected chi connectivity index (χ3v) is 3.27. The molecule has 0 saturated carbocycles. The predicted molar refractivity (Wildman–Crippen MR) is 92.5 cm³/mol. The molecule has 0 bridgehead atoms. The van der Waals surface area contributed by atoms with Gasteiger partial charge in [0.25, 0.3) is 5.91 Å². The Bertz CT molecular complexity index is 680. The van der Waals surface area contributed by atoms with Crippen LogP contribution in [-0.4, -0.2) is 19.6 Å². The fourth-order valence-electron chi connectivity index (χ4n) is 2.11. The van der Waals surface area contributed by atoms with E-state index in [4.69, 9.17) is 9.47 Å². The average molecular weight is 313 g/mol. The van der Waals surface area contributed by atoms with Crippen LogP contribution in [-0.2, 0) is 0 Å². The van der Waals surface area contributed by atoms with Gasteiger partial charge in [-0.2, -0.15) is 0 Å². The summed E-state index contributed by atoms with van der Waals surface area (Å²) in [5, 5.41) is 2.88. The Morgan fingerprint density at radius 1 is 1.13 bits per heavy atom. The monoisotopic (exact) mass is 313 g/mol. The number of benzene rings is 2. The Hall–Kier alpha value is -2.49. The van der Waals surface area contributed by atoms with Crippen LogP contribution < -0.4 is 14.8 Å². The topological polar surface area (TPSA) is 47.6 Å². The molecule has 2 aromatic carbocycles. The molecule has 0 aliphatic rings. The van der Waals surface area contributed by atoms with Crippen molar-refractivity contribution in [1.82, 2.24) is 0 Å². The second-order valence-corrected chi connectivity index (χ2v) is 5.89. The standard InChI is InChI=1S/C19H23NO3/c1-13(2)12-23-17-9-8-15(11-18(17)22-4)19(21)20-16-7-5-6-14(3)10-16/h5-11,13H,12H2,1-4H3,(H,20,21). The largest absolute Gasteiger partial charge is 0.493 e. The van der Waals surface area contributed by atoms with Gasteiger partial charge in [0, 0.05) is 11.3 Å². The zero-order valence-corrected chi connectivity index (χ0v) is 14.1. The number of ether oxygens (including phenoxy) is 2. The number of rotatable bonds is 6. The highest BCUT2D eigenvalue weighted by Gasteiger charge is 2.12. The lowest BCUT2D eigenvalue weighted by Crippen LogP contribution is -2.12. The molecule has 2 rings (SSSR count). The van der Waals surface area contributed by atoms with Crippen molar-refractivity contribution in [3.05, 3.63) is 53.6 Å². The lowest BCUT2D eigenvalue weighted by atomic mass is 10.1. The molecule has 0 heterocycles. The van der Waals surface area contributed by atoms with E-state index in [-0.39, 0.29) is 5.91 Å². The quantitative estimate of drug-likeness (QED) is 0.865. The molecule has 0 atom stereocenters. The highest BCUT2D eigenvalue weighted by molar-refractivity contribution is 6.04. The van der Waals surface area contributed by atoms with Crippen molar-refractivity contribution < 1.29 is 14.3 Å². The summed E-state index contributed by atoms with van der Waals surface area (Å²) >= 11 is 0. The number of amides is 1. The van der Waals surface area contributed by atoms with Crippen molar-refractivity contribution in [3.63, 3.8) is 0 Å². The van der Waals surface area contributed by atoms with E-state index in [0.717, 1.165) is 11.3 Å². The van der Waals surface area contributed by atoms with Crippen molar-refractivity contribution in [1.29, 1.82) is 0 Å². The van der Waals surface area contributed by atoms with Crippen LogP contribution >= 0.6 is 0 Å². The summed E-state index contributed by atoms with van der Waals surface area (Å²) in [6.45, 7) is 6.75. The summed E-state index contributed by atoms with van der Waals surface area (Å²) < 4.78 is 11.0. The van der Waals surface area contributed by atoms with E-state index in [0.29, 0.717) is 29.6 Å². The predicted octanol–water partition coefficient (Wildman–Crippen LogP) is 4.29. The van der Waals surface area contributed by atoms with Gasteiger partial charge in [-0.05, 0) is 48.7 Å². The van der Waals surface area contributed by atoms with E-state index in [2.05, 4.69) is 19.2 Å². The van der Waals surface area contributed by atoms with E-state index in [1.54, 1.807) is 25.3 Å². The Balaban J connectivity index is 2.14. The van der Waals surface area contributed by atoms with E-state index in [1.165, 1.54) is 0 Å². The highest BCUT2D eigenvalue weighted by Crippen LogP contribution is 2.28. The first-order valence-corrected chi connectivity index (χ1v) is 7.68. The van der Waals surface area contributed by atoms with Gasteiger partial charge in [-0.1, -0.05) is 26.0 Å². The number of carbonyl (C=O) groups is 1. The van der Waals surface area contributed by atoms with Gasteiger partial charge in [0.2, 0.25) is 0 Å². The minimum atomic E-state index is -0.177. The number of carbonyl (C=O) groups excluding carboxylic acids is 1. The smallest absolute Gasteiger partial charge is 0.255 e. The molecule has 0 aliphatic carbocycles. The normalized spacial score (nSPS) is 10.5. The van der Waals surface area contributed by atoms with Gasteiger partial charge >= 0.3 is 0 Å². The maximum absolute atomic E-state index is 12.4. The van der Waals surface area contributed by atoms with Crippen LogP contribution in [0.25, 0.3) is 0 Å². The van der Waals surface area contributed by atoms with Crippen molar-refractivity contribution in [2.45, 2.75) is 20.8 Å². The molecule has 23 heavy (non-hydrogen) atoms. The fraction of sp³-hybridized carbons (Fsp3) is 0.316. The Kier molecular flexibility index (Phi) is 5.63. The Morgan fingerprint density at radius 2 is 1.91 bits per heavy atom. The van der Waals surface area contributed by atoms with E-state index < -0.39 is 0 Å². The van der Waals surface area contributed by atoms with Crippen LogP contribution in [0.1, 0.15) is 29.8 Å². The average Bonchev–Trinajstić information content (AvgIpc) is 2.52. The Morgan fingerprint density at radius 3 is 2.57 bits per heavy atom. The first kappa shape index (κ1) is 16.9. The molecule has 122 valence electrons. The van der Waals surface area contributed by atoms with E-state index in [9.17, 15) is 4.79 Å². The van der Waals surface area contributed by atoms with Crippen molar-refractivity contribution in [2.75, 3.05) is 19.0 Å². The number of hydrogen-bond acceptors (Lipinski definition) is 3. The zero-order valence-electron chi connectivity index (χ0n) is 14.1. The molecule has 0 aromatic heterocycles. The van der Waals surface area contributed by atoms with Crippen LogP contribution in [0, 0.1) is 12.8 Å². The molecule has 0 saturated heterocycles. The maximum atomic E-state index is 12.4. The number of nitrogens with one attached hydrogen (secondary N) is 1. The lowest BCUT2D eigenvalue weighted by Gasteiger charge is -2.13. The molecule has 4 nitrogen and oxygen atoms in total. The number of methoxy groups -OCH3 is 1. The molecule has 2 aromatic rings. The molecular weight excluding hydrogens is 290 g/mol. The van der Waals surface area contributed by atoms with Crippen molar-refractivity contribution in [3.8, 4) is 11.5 Å². The minimum Gasteiger partial charge on any atom is -0.493 e. The molecule has 0 radical (unpaired) electrons. The first-order valence-electron chi connectivity index (χ1n) is 7.68. The highest BCUT2D eigenvalue weighted by atomic mass is 16.5. The zero-order chi connectivity index (χ0) is 16.8.